The van der Waals surface area contributed by atoms with Gasteiger partial charge in [-0.3, -0.25) is 33.6 Å². The quantitative estimate of drug-likeness (QED) is 0.125. The molecule has 7 amide bonds. The molecule has 0 saturated carbocycles. The van der Waals surface area contributed by atoms with Crippen LogP contribution in [0.5, 0.6) is 0 Å². The average Bonchev–Trinajstić information content (AvgIpc) is 3.61. The zero-order valence-corrected chi connectivity index (χ0v) is 35.1. The summed E-state index contributed by atoms with van der Waals surface area (Å²) in [6.45, 7) is 7.21. The number of carbonyl (C=O) groups excluding carboxylic acids is 7. The van der Waals surface area contributed by atoms with Gasteiger partial charge in [-0.15, -0.1) is 0 Å². The number of H-pyrrole nitrogens is 1. The molecule has 0 spiro atoms. The van der Waals surface area contributed by atoms with Crippen LogP contribution >= 0.6 is 11.8 Å². The van der Waals surface area contributed by atoms with E-state index in [9.17, 15) is 38.7 Å². The third-order valence-electron chi connectivity index (χ3n) is 10.9. The van der Waals surface area contributed by atoms with Crippen molar-refractivity contribution in [2.24, 2.45) is 23.3 Å². The average molecular weight is 830 g/mol. The Bertz CT molecular complexity index is 1720. The summed E-state index contributed by atoms with van der Waals surface area (Å²) in [6, 6.07) is 0.972. The number of primary amides is 1. The van der Waals surface area contributed by atoms with E-state index in [4.69, 9.17) is 11.5 Å². The number of aliphatic hydroxyl groups is 1. The van der Waals surface area contributed by atoms with Crippen LogP contribution < -0.4 is 38.1 Å². The first kappa shape index (κ1) is 47.7. The number of likely N-dealkylation sites (N-methyl/N-ethyl adjacent to an activating group) is 1. The minimum atomic E-state index is -1.50. The van der Waals surface area contributed by atoms with E-state index < -0.39 is 95.9 Å². The zero-order valence-electron chi connectivity index (χ0n) is 34.3. The van der Waals surface area contributed by atoms with Gasteiger partial charge in [-0.1, -0.05) is 58.7 Å². The molecular formula is C40H63N9O8S. The van der Waals surface area contributed by atoms with Gasteiger partial charge in [0.05, 0.1) is 19.1 Å². The highest BCUT2D eigenvalue weighted by Crippen LogP contribution is 2.21. The predicted molar refractivity (Wildman–Crippen MR) is 223 cm³/mol. The molecule has 18 heteroatoms. The summed E-state index contributed by atoms with van der Waals surface area (Å²) in [7, 11) is 1.51. The fraction of sp³-hybridized carbons (Fsp3) is 0.625. The highest BCUT2D eigenvalue weighted by atomic mass is 32.2. The monoisotopic (exact) mass is 829 g/mol. The topological polar surface area (TPSA) is 271 Å². The molecule has 58 heavy (non-hydrogen) atoms. The SMILES string of the molecule is CCC(C)C1NC(=O)[C@@H](Cc2c[nH]c3ccccc23)NC(=O)CCSCC[C@@H](C(=O)N(C)C(CO)CCCN)NC(=O)[C@H](CC(N)=O)NC(=O)[C@H](C(C)CC)NC1=O. The van der Waals surface area contributed by atoms with E-state index in [1.165, 1.54) is 23.7 Å². The second kappa shape index (κ2) is 23.7. The van der Waals surface area contributed by atoms with Crippen LogP contribution in [0, 0.1) is 11.8 Å². The Morgan fingerprint density at radius 2 is 1.50 bits per heavy atom. The van der Waals surface area contributed by atoms with Gasteiger partial charge in [0.15, 0.2) is 0 Å². The van der Waals surface area contributed by atoms with Gasteiger partial charge < -0.3 is 53.0 Å². The van der Waals surface area contributed by atoms with Gasteiger partial charge in [0.1, 0.15) is 30.2 Å². The van der Waals surface area contributed by atoms with Gasteiger partial charge in [0.25, 0.3) is 0 Å². The fourth-order valence-electron chi connectivity index (χ4n) is 6.75. The van der Waals surface area contributed by atoms with Gasteiger partial charge in [0, 0.05) is 42.7 Å². The molecule has 4 unspecified atom stereocenters. The molecule has 0 radical (unpaired) electrons. The number of hydrogen-bond acceptors (Lipinski definition) is 10. The normalized spacial score (nSPS) is 23.6. The van der Waals surface area contributed by atoms with E-state index in [2.05, 4.69) is 31.6 Å². The van der Waals surface area contributed by atoms with Gasteiger partial charge in [-0.25, -0.2) is 0 Å². The Morgan fingerprint density at radius 3 is 2.12 bits per heavy atom. The van der Waals surface area contributed by atoms with Crippen LogP contribution in [0.4, 0.5) is 0 Å². The van der Waals surface area contributed by atoms with Crippen molar-refractivity contribution in [2.75, 3.05) is 31.7 Å². The third kappa shape index (κ3) is 13.7. The first-order valence-electron chi connectivity index (χ1n) is 20.1. The molecule has 1 fully saturated rings. The molecule has 0 aliphatic carbocycles. The van der Waals surface area contributed by atoms with Crippen molar-refractivity contribution < 1.29 is 38.7 Å². The lowest BCUT2D eigenvalue weighted by Crippen LogP contribution is -2.62. The van der Waals surface area contributed by atoms with E-state index >= 15 is 0 Å². The number of aromatic nitrogens is 1. The standard InChI is InChI=1S/C40H63N9O8S/c1-6-23(3)34-38(55)46-31(20-32(42)51)36(53)45-29(40(57)49(5)26(22-50)11-10-16-41)14-17-58-18-15-33(52)44-30(19-25-21-43-28-13-9-8-12-27(25)28)37(54)47-35(24(4)7-2)39(56)48-34/h8-9,12-13,21,23-24,26,29-31,34-35,43,50H,6-7,10-11,14-20,22,41H2,1-5H3,(H2,42,51)(H,44,52)(H,45,53)(H,46,55)(H,47,54)(H,48,56)/t23?,24?,26?,29-,30+,31-,34-,35?/m0/s1. The smallest absolute Gasteiger partial charge is 0.245 e. The van der Waals surface area contributed by atoms with Crippen LogP contribution in [0.2, 0.25) is 0 Å². The lowest BCUT2D eigenvalue weighted by atomic mass is 9.94. The van der Waals surface area contributed by atoms with Crippen LogP contribution in [0.1, 0.15) is 78.2 Å². The zero-order chi connectivity index (χ0) is 42.9. The lowest BCUT2D eigenvalue weighted by Gasteiger charge is -2.32. The second-order valence-corrected chi connectivity index (χ2v) is 16.3. The Labute approximate surface area is 344 Å². The van der Waals surface area contributed by atoms with Crippen molar-refractivity contribution >= 4 is 64.0 Å². The van der Waals surface area contributed by atoms with E-state index in [0.29, 0.717) is 43.7 Å². The van der Waals surface area contributed by atoms with E-state index in [1.807, 2.05) is 38.1 Å². The van der Waals surface area contributed by atoms with E-state index in [0.717, 1.165) is 16.5 Å². The molecule has 2 heterocycles. The second-order valence-electron chi connectivity index (χ2n) is 15.1. The molecule has 11 N–H and O–H groups in total. The number of thioether (sulfide) groups is 1. The predicted octanol–water partition coefficient (Wildman–Crippen LogP) is 0.187. The summed E-state index contributed by atoms with van der Waals surface area (Å²) in [5, 5.41) is 24.7. The number of benzene rings is 1. The number of nitrogens with two attached hydrogens (primary N) is 2. The molecule has 1 saturated heterocycles. The van der Waals surface area contributed by atoms with Crippen LogP contribution in [0.3, 0.4) is 0 Å². The van der Waals surface area contributed by atoms with Gasteiger partial charge in [-0.05, 0) is 55.0 Å². The third-order valence-corrected chi connectivity index (χ3v) is 11.9. The molecule has 322 valence electrons. The number of hydrogen-bond donors (Lipinski definition) is 9. The molecule has 0 bridgehead atoms. The number of rotatable bonds is 14. The van der Waals surface area contributed by atoms with Crippen molar-refractivity contribution in [3.8, 4) is 0 Å². The minimum absolute atomic E-state index is 0.0253. The molecular weight excluding hydrogens is 767 g/mol. The Kier molecular flexibility index (Phi) is 19.5. The van der Waals surface area contributed by atoms with Crippen molar-refractivity contribution in [3.63, 3.8) is 0 Å². The van der Waals surface area contributed by atoms with E-state index in [-0.39, 0.29) is 25.9 Å². The molecule has 3 rings (SSSR count). The van der Waals surface area contributed by atoms with E-state index in [1.54, 1.807) is 20.0 Å². The summed E-state index contributed by atoms with van der Waals surface area (Å²) < 4.78 is 0. The minimum Gasteiger partial charge on any atom is -0.394 e. The molecule has 1 aromatic carbocycles. The highest BCUT2D eigenvalue weighted by Gasteiger charge is 2.37. The lowest BCUT2D eigenvalue weighted by molar-refractivity contribution is -0.139. The van der Waals surface area contributed by atoms with Crippen LogP contribution in [0.25, 0.3) is 10.9 Å². The number of fused-ring (bicyclic) bond motifs is 1. The van der Waals surface area contributed by atoms with Gasteiger partial charge in [-0.2, -0.15) is 11.8 Å². The van der Waals surface area contributed by atoms with Gasteiger partial charge in [0.2, 0.25) is 41.4 Å². The van der Waals surface area contributed by atoms with Crippen molar-refractivity contribution in [3.05, 3.63) is 36.0 Å². The number of aromatic amines is 1. The van der Waals surface area contributed by atoms with Crippen molar-refractivity contribution in [2.45, 2.75) is 115 Å². The number of para-hydroxylation sites is 1. The first-order valence-corrected chi connectivity index (χ1v) is 21.3. The van der Waals surface area contributed by atoms with Gasteiger partial charge >= 0.3 is 0 Å². The number of nitrogens with one attached hydrogen (secondary N) is 6. The number of aliphatic hydroxyl groups excluding tert-OH is 1. The summed E-state index contributed by atoms with van der Waals surface area (Å²) in [5.74, 6) is -4.90. The van der Waals surface area contributed by atoms with Crippen LogP contribution in [0.15, 0.2) is 30.5 Å². The number of nitrogens with zero attached hydrogens (tertiary/aromatic N) is 1. The molecule has 1 aromatic heterocycles. The Balaban J connectivity index is 2.04. The maximum Gasteiger partial charge on any atom is 0.245 e. The van der Waals surface area contributed by atoms with Crippen molar-refractivity contribution in [1.82, 2.24) is 36.5 Å². The van der Waals surface area contributed by atoms with Crippen molar-refractivity contribution in [1.29, 1.82) is 0 Å². The first-order chi connectivity index (χ1) is 27.6. The van der Waals surface area contributed by atoms with Crippen LogP contribution in [-0.2, 0) is 40.0 Å². The molecule has 1 aliphatic heterocycles. The highest BCUT2D eigenvalue weighted by molar-refractivity contribution is 7.99. The Hall–Kier alpha value is -4.68. The molecule has 8 atom stereocenters. The molecule has 17 nitrogen and oxygen atoms in total. The summed E-state index contributed by atoms with van der Waals surface area (Å²) in [4.78, 5) is 100. The Morgan fingerprint density at radius 1 is 0.879 bits per heavy atom. The number of carbonyl (C=O) groups is 7. The largest absolute Gasteiger partial charge is 0.394 e. The van der Waals surface area contributed by atoms with Crippen LogP contribution in [-0.4, -0.2) is 124 Å². The summed E-state index contributed by atoms with van der Waals surface area (Å²) in [6.07, 6.45) is 3.31. The molecule has 1 aliphatic rings. The fourth-order valence-corrected chi connectivity index (χ4v) is 7.69. The molecule has 2 aromatic rings. The number of amides is 7. The maximum absolute atomic E-state index is 14.1. The maximum atomic E-state index is 14.1. The summed E-state index contributed by atoms with van der Waals surface area (Å²) >= 11 is 1.35. The summed E-state index contributed by atoms with van der Waals surface area (Å²) in [5.41, 5.74) is 12.8.